The first kappa shape index (κ1) is 17.9. The first-order valence-corrected chi connectivity index (χ1v) is 9.29. The molecule has 0 saturated carbocycles. The minimum absolute atomic E-state index is 0.125. The number of carbonyl (C=O) groups is 2. The molecule has 0 spiro atoms. The smallest absolute Gasteiger partial charge is 0.295 e. The van der Waals surface area contributed by atoms with E-state index < -0.39 is 17.7 Å². The average molecular weight is 372 g/mol. The summed E-state index contributed by atoms with van der Waals surface area (Å²) in [6, 6.07) is 16.2. The third-order valence-corrected chi connectivity index (χ3v) is 5.05. The van der Waals surface area contributed by atoms with Gasteiger partial charge in [-0.25, -0.2) is 0 Å². The predicted octanol–water partition coefficient (Wildman–Crippen LogP) is 4.07. The quantitative estimate of drug-likeness (QED) is 0.426. The van der Waals surface area contributed by atoms with Gasteiger partial charge in [-0.1, -0.05) is 43.3 Å². The predicted molar refractivity (Wildman–Crippen MR) is 107 cm³/mol. The van der Waals surface area contributed by atoms with E-state index in [1.54, 1.807) is 30.6 Å². The summed E-state index contributed by atoms with van der Waals surface area (Å²) in [4.78, 5) is 31.0. The van der Waals surface area contributed by atoms with Crippen molar-refractivity contribution in [3.8, 4) is 0 Å². The average Bonchev–Trinajstić information content (AvgIpc) is 2.99. The summed E-state index contributed by atoms with van der Waals surface area (Å²) < 4.78 is 0. The van der Waals surface area contributed by atoms with Crippen LogP contribution in [-0.4, -0.2) is 33.2 Å². The lowest BCUT2D eigenvalue weighted by molar-refractivity contribution is -0.139. The summed E-state index contributed by atoms with van der Waals surface area (Å²) in [5.41, 5.74) is 1.40. The molecule has 1 N–H and O–H groups in total. The van der Waals surface area contributed by atoms with Gasteiger partial charge in [0.2, 0.25) is 0 Å². The van der Waals surface area contributed by atoms with E-state index >= 15 is 0 Å². The lowest BCUT2D eigenvalue weighted by Crippen LogP contribution is -2.30. The summed E-state index contributed by atoms with van der Waals surface area (Å²) in [5.74, 6) is -1.38. The number of carbonyl (C=O) groups excluding carboxylic acids is 2. The highest BCUT2D eigenvalue weighted by Gasteiger charge is 2.45. The molecule has 5 nitrogen and oxygen atoms in total. The molecule has 1 unspecified atom stereocenters. The molecule has 3 aromatic rings. The van der Waals surface area contributed by atoms with Crippen molar-refractivity contribution in [2.75, 3.05) is 6.54 Å². The van der Waals surface area contributed by atoms with E-state index in [9.17, 15) is 14.7 Å². The van der Waals surface area contributed by atoms with Crippen LogP contribution in [0.25, 0.3) is 16.5 Å². The number of fused-ring (bicyclic) bond motifs is 1. The van der Waals surface area contributed by atoms with Crippen LogP contribution in [0.4, 0.5) is 0 Å². The molecule has 5 heteroatoms. The van der Waals surface area contributed by atoms with E-state index in [2.05, 4.69) is 4.98 Å². The number of Topliss-reactive ketones (excluding diaryl/α,β-unsaturated/α-hetero) is 1. The van der Waals surface area contributed by atoms with Crippen LogP contribution in [0, 0.1) is 0 Å². The summed E-state index contributed by atoms with van der Waals surface area (Å²) in [6.07, 6.45) is 3.96. The molecule has 4 rings (SSSR count). The number of amides is 1. The van der Waals surface area contributed by atoms with Crippen molar-refractivity contribution in [3.05, 3.63) is 83.7 Å². The molecule has 1 aliphatic heterocycles. The zero-order chi connectivity index (χ0) is 19.7. The molecule has 140 valence electrons. The third kappa shape index (κ3) is 2.95. The SMILES string of the molecule is CCCN1C(=O)C(=O)/C(=C(\O)c2ccc3ccccc3c2)C1c1ccncc1. The number of ketones is 1. The molecule has 1 saturated heterocycles. The molecule has 1 fully saturated rings. The van der Waals surface area contributed by atoms with Crippen LogP contribution in [-0.2, 0) is 9.59 Å². The van der Waals surface area contributed by atoms with Gasteiger partial charge in [0.25, 0.3) is 11.7 Å². The Hall–Kier alpha value is -3.47. The van der Waals surface area contributed by atoms with Gasteiger partial charge in [0.05, 0.1) is 11.6 Å². The number of benzene rings is 2. The van der Waals surface area contributed by atoms with Gasteiger partial charge in [-0.3, -0.25) is 14.6 Å². The van der Waals surface area contributed by atoms with Crippen LogP contribution in [0.1, 0.15) is 30.5 Å². The summed E-state index contributed by atoms with van der Waals surface area (Å²) in [6.45, 7) is 2.39. The Morgan fingerprint density at radius 3 is 2.46 bits per heavy atom. The third-order valence-electron chi connectivity index (χ3n) is 5.05. The number of hydrogen-bond donors (Lipinski definition) is 1. The Bertz CT molecular complexity index is 1090. The highest BCUT2D eigenvalue weighted by molar-refractivity contribution is 6.46. The standard InChI is InChI=1S/C23H20N2O3/c1-2-13-25-20(16-9-11-24-12-10-16)19(22(27)23(25)28)21(26)18-8-7-15-5-3-4-6-17(15)14-18/h3-12,14,20,26H,2,13H2,1H3/b21-19-. The van der Waals surface area contributed by atoms with Crippen LogP contribution in [0.5, 0.6) is 0 Å². The molecule has 28 heavy (non-hydrogen) atoms. The normalized spacial score (nSPS) is 18.8. The Morgan fingerprint density at radius 1 is 1.04 bits per heavy atom. The van der Waals surface area contributed by atoms with Gasteiger partial charge in [0.1, 0.15) is 5.76 Å². The Labute approximate surface area is 162 Å². The number of rotatable bonds is 4. The molecule has 0 radical (unpaired) electrons. The highest BCUT2D eigenvalue weighted by Crippen LogP contribution is 2.39. The van der Waals surface area contributed by atoms with Crippen molar-refractivity contribution in [2.24, 2.45) is 0 Å². The molecule has 1 amide bonds. The van der Waals surface area contributed by atoms with E-state index in [1.165, 1.54) is 4.90 Å². The zero-order valence-corrected chi connectivity index (χ0v) is 15.5. The molecular weight excluding hydrogens is 352 g/mol. The van der Waals surface area contributed by atoms with Crippen LogP contribution in [0.15, 0.2) is 72.6 Å². The van der Waals surface area contributed by atoms with Gasteiger partial charge in [-0.05, 0) is 41.0 Å². The maximum atomic E-state index is 12.8. The molecule has 0 bridgehead atoms. The molecule has 2 heterocycles. The molecular formula is C23H20N2O3. The van der Waals surface area contributed by atoms with Crippen molar-refractivity contribution in [2.45, 2.75) is 19.4 Å². The van der Waals surface area contributed by atoms with E-state index in [4.69, 9.17) is 0 Å². The van der Waals surface area contributed by atoms with Crippen molar-refractivity contribution < 1.29 is 14.7 Å². The van der Waals surface area contributed by atoms with Crippen LogP contribution < -0.4 is 0 Å². The van der Waals surface area contributed by atoms with Crippen molar-refractivity contribution in [1.29, 1.82) is 0 Å². The van der Waals surface area contributed by atoms with Gasteiger partial charge in [-0.15, -0.1) is 0 Å². The van der Waals surface area contributed by atoms with Crippen LogP contribution in [0.3, 0.4) is 0 Å². The maximum Gasteiger partial charge on any atom is 0.295 e. The molecule has 1 atom stereocenters. The number of hydrogen-bond acceptors (Lipinski definition) is 4. The Kier molecular flexibility index (Phi) is 4.65. The number of nitrogens with zero attached hydrogens (tertiary/aromatic N) is 2. The molecule has 2 aromatic carbocycles. The number of pyridine rings is 1. The summed E-state index contributed by atoms with van der Waals surface area (Å²) in [7, 11) is 0. The first-order chi connectivity index (χ1) is 13.6. The van der Waals surface area contributed by atoms with Gasteiger partial charge in [-0.2, -0.15) is 0 Å². The van der Waals surface area contributed by atoms with E-state index in [1.807, 2.05) is 43.3 Å². The van der Waals surface area contributed by atoms with Crippen molar-refractivity contribution in [3.63, 3.8) is 0 Å². The van der Waals surface area contributed by atoms with E-state index in [0.717, 1.165) is 16.3 Å². The fraction of sp³-hybridized carbons (Fsp3) is 0.174. The monoisotopic (exact) mass is 372 g/mol. The largest absolute Gasteiger partial charge is 0.507 e. The minimum atomic E-state index is -0.652. The summed E-state index contributed by atoms with van der Waals surface area (Å²) in [5, 5.41) is 13.0. The van der Waals surface area contributed by atoms with Gasteiger partial charge in [0, 0.05) is 24.5 Å². The number of aromatic nitrogens is 1. The number of likely N-dealkylation sites (tertiary alicyclic amines) is 1. The molecule has 1 aliphatic rings. The first-order valence-electron chi connectivity index (χ1n) is 9.29. The number of aliphatic hydroxyl groups excluding tert-OH is 1. The van der Waals surface area contributed by atoms with Crippen molar-refractivity contribution in [1.82, 2.24) is 9.88 Å². The topological polar surface area (TPSA) is 70.5 Å². The van der Waals surface area contributed by atoms with Gasteiger partial charge < -0.3 is 10.0 Å². The fourth-order valence-corrected chi connectivity index (χ4v) is 3.74. The second kappa shape index (κ2) is 7.27. The number of aliphatic hydroxyl groups is 1. The minimum Gasteiger partial charge on any atom is -0.507 e. The lowest BCUT2D eigenvalue weighted by Gasteiger charge is -2.24. The van der Waals surface area contributed by atoms with Gasteiger partial charge >= 0.3 is 0 Å². The fourth-order valence-electron chi connectivity index (χ4n) is 3.74. The molecule has 1 aromatic heterocycles. The van der Waals surface area contributed by atoms with E-state index in [-0.39, 0.29) is 11.3 Å². The second-order valence-corrected chi connectivity index (χ2v) is 6.83. The van der Waals surface area contributed by atoms with Crippen LogP contribution >= 0.6 is 0 Å². The second-order valence-electron chi connectivity index (χ2n) is 6.83. The van der Waals surface area contributed by atoms with Crippen LogP contribution in [0.2, 0.25) is 0 Å². The highest BCUT2D eigenvalue weighted by atomic mass is 16.3. The maximum absolute atomic E-state index is 12.8. The Balaban J connectivity index is 1.90. The summed E-state index contributed by atoms with van der Waals surface area (Å²) >= 11 is 0. The van der Waals surface area contributed by atoms with Gasteiger partial charge in [0.15, 0.2) is 0 Å². The zero-order valence-electron chi connectivity index (χ0n) is 15.5. The van der Waals surface area contributed by atoms with Crippen molar-refractivity contribution >= 4 is 28.2 Å². The lowest BCUT2D eigenvalue weighted by atomic mass is 9.95. The Morgan fingerprint density at radius 2 is 1.75 bits per heavy atom. The van der Waals surface area contributed by atoms with E-state index in [0.29, 0.717) is 18.5 Å². The molecule has 0 aliphatic carbocycles.